The van der Waals surface area contributed by atoms with Gasteiger partial charge in [-0.2, -0.15) is 21.6 Å². The van der Waals surface area contributed by atoms with Crippen LogP contribution in [0.15, 0.2) is 121 Å². The van der Waals surface area contributed by atoms with Crippen LogP contribution in [0.4, 0.5) is 13.2 Å². The summed E-state index contributed by atoms with van der Waals surface area (Å²) in [7, 11) is -5.84. The van der Waals surface area contributed by atoms with E-state index < -0.39 is 35.9 Å². The van der Waals surface area contributed by atoms with Gasteiger partial charge in [-0.05, 0) is 0 Å². The van der Waals surface area contributed by atoms with Crippen molar-refractivity contribution in [2.45, 2.75) is 5.51 Å². The summed E-state index contributed by atoms with van der Waals surface area (Å²) in [5.74, 6) is 0. The van der Waals surface area contributed by atoms with Gasteiger partial charge in [0.15, 0.2) is 0 Å². The van der Waals surface area contributed by atoms with Crippen LogP contribution in [0.5, 0.6) is 0 Å². The minimum atomic E-state index is -5.84. The van der Waals surface area contributed by atoms with E-state index in [1.807, 2.05) is 0 Å². The zero-order valence-electron chi connectivity index (χ0n) is 17.3. The Morgan fingerprint density at radius 1 is 0.515 bits per heavy atom. The van der Waals surface area contributed by atoms with Gasteiger partial charge in [0.1, 0.15) is 0 Å². The molecule has 0 spiro atoms. The van der Waals surface area contributed by atoms with E-state index in [0.717, 1.165) is 0 Å². The van der Waals surface area contributed by atoms with Crippen molar-refractivity contribution < 1.29 is 26.1 Å². The summed E-state index contributed by atoms with van der Waals surface area (Å²) in [5, 5.41) is 0. The molecule has 0 bridgehead atoms. The molecular formula is C25H21BiF3O3S. The number of alkyl halides is 3. The van der Waals surface area contributed by atoms with Crippen LogP contribution in [0.3, 0.4) is 0 Å². The summed E-state index contributed by atoms with van der Waals surface area (Å²) in [4.78, 5) is 0. The Hall–Kier alpha value is -2.54. The molecule has 33 heavy (non-hydrogen) atoms. The van der Waals surface area contributed by atoms with E-state index >= 15 is 0 Å². The van der Waals surface area contributed by atoms with Crippen LogP contribution in [0, 0.1) is 0 Å². The van der Waals surface area contributed by atoms with Gasteiger partial charge in [0, 0.05) is 0 Å². The number of rotatable bonds is 4. The van der Waals surface area contributed by atoms with Gasteiger partial charge in [-0.3, -0.25) is 4.55 Å². The van der Waals surface area contributed by atoms with Gasteiger partial charge in [-0.15, -0.1) is 0 Å². The first-order valence-electron chi connectivity index (χ1n) is 9.82. The Balaban J connectivity index is 0.000000331. The first kappa shape index (κ1) is 25.1. The van der Waals surface area contributed by atoms with E-state index in [1.165, 1.54) is 13.1 Å². The van der Waals surface area contributed by atoms with Crippen molar-refractivity contribution in [3.8, 4) is 0 Å². The number of halogens is 3. The van der Waals surface area contributed by atoms with Gasteiger partial charge in [-0.25, -0.2) is 0 Å². The Morgan fingerprint density at radius 2 is 0.697 bits per heavy atom. The average molecular weight is 667 g/mol. The summed E-state index contributed by atoms with van der Waals surface area (Å²) >= 11 is -3.38. The Labute approximate surface area is 195 Å². The van der Waals surface area contributed by atoms with E-state index in [4.69, 9.17) is 13.0 Å². The van der Waals surface area contributed by atoms with Gasteiger partial charge in [-0.1, -0.05) is 0 Å². The number of benzene rings is 4. The SMILES string of the molecule is O=S(=O)(O)C(F)(F)F.c1cc[c]([Bi]([c]2ccccc2)([c]2ccccc2)[c]2ccccc2)cc1. The van der Waals surface area contributed by atoms with Gasteiger partial charge >= 0.3 is 170 Å². The molecule has 0 aliphatic carbocycles. The van der Waals surface area contributed by atoms with Crippen LogP contribution in [0.1, 0.15) is 0 Å². The maximum atomic E-state index is 10.7. The van der Waals surface area contributed by atoms with Crippen LogP contribution >= 0.6 is 0 Å². The van der Waals surface area contributed by atoms with E-state index in [1.54, 1.807) is 0 Å². The molecule has 0 atom stereocenters. The molecule has 0 saturated carbocycles. The van der Waals surface area contributed by atoms with Crippen molar-refractivity contribution in [1.29, 1.82) is 0 Å². The maximum absolute atomic E-state index is 10.7. The van der Waals surface area contributed by atoms with E-state index in [2.05, 4.69) is 121 Å². The Morgan fingerprint density at radius 3 is 0.848 bits per heavy atom. The van der Waals surface area contributed by atoms with Crippen molar-refractivity contribution in [3.05, 3.63) is 121 Å². The zero-order chi connectivity index (χ0) is 24.0. The van der Waals surface area contributed by atoms with Crippen LogP contribution in [-0.4, -0.2) is 38.7 Å². The minimum absolute atomic E-state index is 1.49. The van der Waals surface area contributed by atoms with Crippen molar-refractivity contribution in [2.24, 2.45) is 0 Å². The second-order valence-corrected chi connectivity index (χ2v) is 21.6. The fourth-order valence-electron chi connectivity index (χ4n) is 3.50. The summed E-state index contributed by atoms with van der Waals surface area (Å²) in [6.45, 7) is 0. The van der Waals surface area contributed by atoms with Crippen molar-refractivity contribution in [1.82, 2.24) is 0 Å². The fraction of sp³-hybridized carbons (Fsp3) is 0.0400. The molecule has 0 aliphatic rings. The van der Waals surface area contributed by atoms with Gasteiger partial charge < -0.3 is 0 Å². The molecule has 4 rings (SSSR count). The third kappa shape index (κ3) is 5.70. The normalized spacial score (nSPS) is 11.9. The topological polar surface area (TPSA) is 54.4 Å². The Bertz CT molecular complexity index is 1090. The molecule has 4 aromatic carbocycles. The fourth-order valence-corrected chi connectivity index (χ4v) is 20.1. The first-order chi connectivity index (χ1) is 15.7. The zero-order valence-corrected chi connectivity index (χ0v) is 21.6. The second-order valence-electron chi connectivity index (χ2n) is 6.93. The molecule has 0 amide bonds. The van der Waals surface area contributed by atoms with Gasteiger partial charge in [0.05, 0.1) is 0 Å². The molecule has 0 saturated heterocycles. The monoisotopic (exact) mass is 667 g/mol. The average Bonchev–Trinajstić information content (AvgIpc) is 2.82. The molecule has 0 aliphatic heterocycles. The molecule has 1 N–H and O–H groups in total. The van der Waals surface area contributed by atoms with Crippen molar-refractivity contribution >= 4 is 43.5 Å². The third-order valence-electron chi connectivity index (χ3n) is 4.87. The predicted octanol–water partition coefficient (Wildman–Crippen LogP) is 3.46. The number of hydrogen-bond donors (Lipinski definition) is 1. The molecule has 0 aromatic heterocycles. The third-order valence-corrected chi connectivity index (χ3v) is 22.1. The Kier molecular flexibility index (Phi) is 8.06. The van der Waals surface area contributed by atoms with Crippen molar-refractivity contribution in [2.75, 3.05) is 0 Å². The molecule has 0 fully saturated rings. The first-order valence-corrected chi connectivity index (χ1v) is 18.2. The molecule has 8 heteroatoms. The van der Waals surface area contributed by atoms with E-state index in [-0.39, 0.29) is 0 Å². The molecular weight excluding hydrogens is 646 g/mol. The molecule has 171 valence electrons. The molecule has 0 unspecified atom stereocenters. The molecule has 3 nitrogen and oxygen atoms in total. The van der Waals surface area contributed by atoms with E-state index in [9.17, 15) is 13.2 Å². The predicted molar refractivity (Wildman–Crippen MR) is 128 cm³/mol. The van der Waals surface area contributed by atoms with Gasteiger partial charge in [0.2, 0.25) is 0 Å². The second kappa shape index (κ2) is 10.6. The summed E-state index contributed by atoms with van der Waals surface area (Å²) in [5.41, 5.74) is -5.53. The molecule has 1 radical (unpaired) electrons. The molecule has 4 aromatic rings. The summed E-state index contributed by atoms with van der Waals surface area (Å²) in [6, 6.07) is 44.5. The van der Waals surface area contributed by atoms with Crippen LogP contribution < -0.4 is 13.1 Å². The van der Waals surface area contributed by atoms with Crippen molar-refractivity contribution in [3.63, 3.8) is 0 Å². The summed E-state index contributed by atoms with van der Waals surface area (Å²) < 4.78 is 63.5. The number of hydrogen-bond acceptors (Lipinski definition) is 2. The van der Waals surface area contributed by atoms with Crippen LogP contribution in [0.2, 0.25) is 0 Å². The van der Waals surface area contributed by atoms with Gasteiger partial charge in [0.25, 0.3) is 0 Å². The van der Waals surface area contributed by atoms with Crippen LogP contribution in [0.25, 0.3) is 0 Å². The quantitative estimate of drug-likeness (QED) is 0.206. The van der Waals surface area contributed by atoms with Crippen LogP contribution in [-0.2, 0) is 10.1 Å². The summed E-state index contributed by atoms with van der Waals surface area (Å²) in [6.07, 6.45) is 0. The standard InChI is InChI=1S/4C6H5.CHF3O3S.Bi/c4*1-2-4-6-5-3-1;2-1(3,4)8(5,6)7;/h4*1-5H;(H,5,6,7);. The molecule has 0 heterocycles. The van der Waals surface area contributed by atoms with E-state index in [0.29, 0.717) is 0 Å².